The molecule has 0 spiro atoms. The molecule has 0 bridgehead atoms. The van der Waals surface area contributed by atoms with E-state index in [0.29, 0.717) is 17.4 Å². The molecule has 2 unspecified atom stereocenters. The minimum atomic E-state index is -0.630. The summed E-state index contributed by atoms with van der Waals surface area (Å²) < 4.78 is 6.25. The van der Waals surface area contributed by atoms with Gasteiger partial charge in [-0.1, -0.05) is 50.4 Å². The van der Waals surface area contributed by atoms with Crippen LogP contribution >= 0.6 is 0 Å². The van der Waals surface area contributed by atoms with Crippen LogP contribution in [-0.2, 0) is 16.1 Å². The Kier molecular flexibility index (Phi) is 8.13. The number of quaternary nitrogens is 1. The van der Waals surface area contributed by atoms with E-state index >= 15 is 0 Å². The number of rotatable bonds is 8. The number of esters is 1. The molecule has 0 heterocycles. The molecular weight excluding hydrogens is 298 g/mol. The zero-order valence-corrected chi connectivity index (χ0v) is 14.5. The third kappa shape index (κ3) is 4.72. The topological polar surface area (TPSA) is 26.3 Å². The normalized spacial score (nSPS) is 15.6. The van der Waals surface area contributed by atoms with Crippen LogP contribution in [0.25, 0.3) is 0 Å². The molecule has 0 aliphatic rings. The zero-order valence-electron chi connectivity index (χ0n) is 13.7. The molecule has 1 aromatic rings. The predicted molar refractivity (Wildman–Crippen MR) is 86.4 cm³/mol. The number of halogens is 1. The zero-order chi connectivity index (χ0) is 15.9. The van der Waals surface area contributed by atoms with Gasteiger partial charge in [0.15, 0.2) is 0 Å². The van der Waals surface area contributed by atoms with Crippen molar-refractivity contribution in [3.8, 4) is 0 Å². The van der Waals surface area contributed by atoms with Crippen LogP contribution in [-0.4, -0.2) is 29.8 Å². The van der Waals surface area contributed by atoms with Gasteiger partial charge in [0.2, 0.25) is 5.72 Å². The minimum Gasteiger partial charge on any atom is -1.00 e. The van der Waals surface area contributed by atoms with Crippen LogP contribution in [0, 0.1) is 0 Å². The quantitative estimate of drug-likeness (QED) is 0.231. The first-order chi connectivity index (χ1) is 9.90. The molecule has 0 radical (unpaired) electrons. The van der Waals surface area contributed by atoms with Crippen molar-refractivity contribution in [2.75, 3.05) is 13.6 Å². The van der Waals surface area contributed by atoms with Gasteiger partial charge in [0.1, 0.15) is 13.1 Å². The standard InChI is InChI=1S/C18H26NO2.ClH/c1-6-14-19(5,15-16-12-10-9-11-13-16)18(4,8-3)21-17(20)7-2;/h6-7,9-13H,1-2,8,14-15H2,3-5H3;1H/q+1;/p-1. The molecule has 0 fully saturated rings. The van der Waals surface area contributed by atoms with Gasteiger partial charge in [-0.05, 0) is 6.08 Å². The first-order valence-corrected chi connectivity index (χ1v) is 7.25. The van der Waals surface area contributed by atoms with E-state index in [1.54, 1.807) is 0 Å². The number of carbonyl (C=O) groups is 1. The second kappa shape index (κ2) is 8.76. The number of nitrogens with zero attached hydrogens (tertiary/aromatic N) is 1. The summed E-state index contributed by atoms with van der Waals surface area (Å²) in [7, 11) is 2.09. The minimum absolute atomic E-state index is 0. The van der Waals surface area contributed by atoms with E-state index < -0.39 is 5.72 Å². The fourth-order valence-corrected chi connectivity index (χ4v) is 2.52. The van der Waals surface area contributed by atoms with Crippen LogP contribution in [0.4, 0.5) is 0 Å². The van der Waals surface area contributed by atoms with Crippen LogP contribution in [0.15, 0.2) is 55.6 Å². The maximum atomic E-state index is 11.7. The fourth-order valence-electron chi connectivity index (χ4n) is 2.52. The number of carbonyl (C=O) groups excluding carboxylic acids is 1. The van der Waals surface area contributed by atoms with Gasteiger partial charge in [-0.15, -0.1) is 0 Å². The molecule has 0 N–H and O–H groups in total. The first kappa shape index (κ1) is 20.4. The smallest absolute Gasteiger partial charge is 0.334 e. The molecule has 4 heteroatoms. The van der Waals surface area contributed by atoms with Crippen molar-refractivity contribution in [3.05, 3.63) is 61.2 Å². The van der Waals surface area contributed by atoms with Crippen molar-refractivity contribution < 1.29 is 26.4 Å². The van der Waals surface area contributed by atoms with Crippen LogP contribution in [0.2, 0.25) is 0 Å². The van der Waals surface area contributed by atoms with Crippen LogP contribution in [0.3, 0.4) is 0 Å². The molecule has 1 aromatic carbocycles. The summed E-state index contributed by atoms with van der Waals surface area (Å²) in [5.41, 5.74) is 0.575. The molecule has 0 aromatic heterocycles. The van der Waals surface area contributed by atoms with E-state index in [-0.39, 0.29) is 18.4 Å². The predicted octanol–water partition coefficient (Wildman–Crippen LogP) is 0.679. The lowest BCUT2D eigenvalue weighted by molar-refractivity contribution is -0.986. The summed E-state index contributed by atoms with van der Waals surface area (Å²) in [5, 5.41) is 0. The second-order valence-corrected chi connectivity index (χ2v) is 5.66. The maximum absolute atomic E-state index is 11.7. The molecule has 22 heavy (non-hydrogen) atoms. The third-order valence-corrected chi connectivity index (χ3v) is 4.19. The van der Waals surface area contributed by atoms with Crippen LogP contribution in [0.1, 0.15) is 25.8 Å². The highest BCUT2D eigenvalue weighted by Gasteiger charge is 2.45. The van der Waals surface area contributed by atoms with E-state index in [1.165, 1.54) is 11.6 Å². The summed E-state index contributed by atoms with van der Waals surface area (Å²) in [6.45, 7) is 12.8. The Labute approximate surface area is 140 Å². The molecule has 2 atom stereocenters. The molecule has 122 valence electrons. The van der Waals surface area contributed by atoms with E-state index in [9.17, 15) is 4.79 Å². The molecule has 1 rings (SSSR count). The SMILES string of the molecule is C=CC[N+](C)(Cc1ccccc1)C(C)(CC)OC(=O)C=C.[Cl-]. The van der Waals surface area contributed by atoms with E-state index in [0.717, 1.165) is 6.54 Å². The average Bonchev–Trinajstić information content (AvgIpc) is 2.48. The van der Waals surface area contributed by atoms with Crippen molar-refractivity contribution >= 4 is 5.97 Å². The molecule has 0 saturated heterocycles. The van der Waals surface area contributed by atoms with Crippen LogP contribution < -0.4 is 12.4 Å². The van der Waals surface area contributed by atoms with E-state index in [4.69, 9.17) is 4.74 Å². The lowest BCUT2D eigenvalue weighted by atomic mass is 10.0. The highest BCUT2D eigenvalue weighted by molar-refractivity contribution is 5.81. The van der Waals surface area contributed by atoms with Crippen molar-refractivity contribution in [2.24, 2.45) is 0 Å². The Bertz CT molecular complexity index is 503. The molecular formula is C18H26ClNO2. The van der Waals surface area contributed by atoms with E-state index in [1.807, 2.05) is 38.1 Å². The van der Waals surface area contributed by atoms with Gasteiger partial charge < -0.3 is 17.1 Å². The molecule has 0 aliphatic carbocycles. The monoisotopic (exact) mass is 323 g/mol. The summed E-state index contributed by atoms with van der Waals surface area (Å²) in [4.78, 5) is 11.7. The lowest BCUT2D eigenvalue weighted by Gasteiger charge is -2.47. The van der Waals surface area contributed by atoms with Gasteiger partial charge >= 0.3 is 5.97 Å². The maximum Gasteiger partial charge on any atom is 0.334 e. The highest BCUT2D eigenvalue weighted by atomic mass is 35.5. The summed E-state index contributed by atoms with van der Waals surface area (Å²) in [5.74, 6) is -0.388. The number of benzene rings is 1. The summed E-state index contributed by atoms with van der Waals surface area (Å²) in [6, 6.07) is 10.2. The van der Waals surface area contributed by atoms with Gasteiger partial charge in [0, 0.05) is 25.0 Å². The number of hydrogen-bond acceptors (Lipinski definition) is 2. The van der Waals surface area contributed by atoms with Crippen molar-refractivity contribution in [3.63, 3.8) is 0 Å². The van der Waals surface area contributed by atoms with Gasteiger partial charge in [-0.2, -0.15) is 0 Å². The first-order valence-electron chi connectivity index (χ1n) is 7.25. The molecule has 3 nitrogen and oxygen atoms in total. The number of likely N-dealkylation sites (N-methyl/N-ethyl adjacent to an activating group) is 1. The molecule has 0 saturated carbocycles. The summed E-state index contributed by atoms with van der Waals surface area (Å²) >= 11 is 0. The Balaban J connectivity index is 0.00000441. The number of ether oxygens (including phenoxy) is 1. The summed E-state index contributed by atoms with van der Waals surface area (Å²) in [6.07, 6.45) is 3.80. The van der Waals surface area contributed by atoms with Crippen LogP contribution in [0.5, 0.6) is 0 Å². The molecule has 0 aliphatic heterocycles. The fraction of sp³-hybridized carbons (Fsp3) is 0.389. The Hall–Kier alpha value is -1.58. The Morgan fingerprint density at radius 1 is 1.32 bits per heavy atom. The average molecular weight is 324 g/mol. The van der Waals surface area contributed by atoms with Gasteiger partial charge in [-0.3, -0.25) is 4.48 Å². The second-order valence-electron chi connectivity index (χ2n) is 5.66. The van der Waals surface area contributed by atoms with Gasteiger partial charge in [0.25, 0.3) is 0 Å². The van der Waals surface area contributed by atoms with E-state index in [2.05, 4.69) is 32.3 Å². The van der Waals surface area contributed by atoms with Crippen molar-refractivity contribution in [1.29, 1.82) is 0 Å². The van der Waals surface area contributed by atoms with Gasteiger partial charge in [0.05, 0.1) is 7.05 Å². The van der Waals surface area contributed by atoms with Crippen molar-refractivity contribution in [1.82, 2.24) is 0 Å². The highest BCUT2D eigenvalue weighted by Crippen LogP contribution is 2.31. The number of hydrogen-bond donors (Lipinski definition) is 0. The molecule has 0 amide bonds. The van der Waals surface area contributed by atoms with Crippen molar-refractivity contribution in [2.45, 2.75) is 32.5 Å². The Morgan fingerprint density at radius 3 is 2.36 bits per heavy atom. The Morgan fingerprint density at radius 2 is 1.91 bits per heavy atom. The lowest BCUT2D eigenvalue weighted by Crippen LogP contribution is -3.00. The van der Waals surface area contributed by atoms with Gasteiger partial charge in [-0.25, -0.2) is 4.79 Å². The third-order valence-electron chi connectivity index (χ3n) is 4.19. The largest absolute Gasteiger partial charge is 1.00 e.